The van der Waals surface area contributed by atoms with Gasteiger partial charge in [-0.25, -0.2) is 0 Å². The molecule has 2 atom stereocenters. The Balaban J connectivity index is 0.976. The van der Waals surface area contributed by atoms with E-state index in [2.05, 4.69) is 89.2 Å². The Morgan fingerprint density at radius 3 is 1.25 bits per heavy atom. The van der Waals surface area contributed by atoms with Crippen molar-refractivity contribution in [3.8, 4) is 68.6 Å². The van der Waals surface area contributed by atoms with Crippen molar-refractivity contribution in [3.05, 3.63) is 167 Å². The van der Waals surface area contributed by atoms with Crippen LogP contribution < -0.4 is 41.1 Å². The minimum Gasteiger partial charge on any atom is -0.507 e. The summed E-state index contributed by atoms with van der Waals surface area (Å²) in [4.78, 5) is 0. The van der Waals surface area contributed by atoms with Gasteiger partial charge < -0.3 is 64.9 Å². The predicted molar refractivity (Wildman–Crippen MR) is 356 cm³/mol. The fourth-order valence-electron chi connectivity index (χ4n) is 11.9. The number of rotatable bonds is 11. The summed E-state index contributed by atoms with van der Waals surface area (Å²) in [6, 6.07) is 42.7. The summed E-state index contributed by atoms with van der Waals surface area (Å²) < 4.78 is 75.9. The summed E-state index contributed by atoms with van der Waals surface area (Å²) in [7, 11) is -3.59. The molecule has 0 spiro atoms. The van der Waals surface area contributed by atoms with E-state index in [4.69, 9.17) is 49.5 Å². The second kappa shape index (κ2) is 22.1. The van der Waals surface area contributed by atoms with Crippen LogP contribution in [0.1, 0.15) is 116 Å². The van der Waals surface area contributed by atoms with Crippen LogP contribution in [-0.2, 0) is 34.9 Å². The average Bonchev–Trinajstić information content (AvgIpc) is 1.36. The van der Waals surface area contributed by atoms with Gasteiger partial charge in [-0.05, 0) is 139 Å². The quantitative estimate of drug-likeness (QED) is 0.0826. The van der Waals surface area contributed by atoms with E-state index in [1.54, 1.807) is 20.3 Å². The summed E-state index contributed by atoms with van der Waals surface area (Å²) in [5.41, 5.74) is 5.01. The van der Waals surface area contributed by atoms with Crippen LogP contribution in [0.4, 0.5) is 0 Å². The molecule has 11 aromatic rings. The Kier molecular flexibility index (Phi) is 14.9. The van der Waals surface area contributed by atoms with Crippen molar-refractivity contribution < 1.29 is 64.9 Å². The molecule has 0 aliphatic carbocycles. The van der Waals surface area contributed by atoms with Gasteiger partial charge in [-0.2, -0.15) is 0 Å². The molecule has 0 fully saturated rings. The SMILES string of the molecule is COc1cc(-c2cc(OC)cc(C(C)(C)C)c2OP2Oc3cccc4cc5cccc(Op6oc7c(C(C)(C)C)cc(CO)cc7c7cc(CO)cc(C(C)(C)C)c7o6)c5c(c34)O2)c(OP2Oc3cccc4cc5cccc(O)c5c(c34)O2)c(C(C)(C)C)c1. The monoisotopic (exact) mass is 1250 g/mol. The highest BCUT2D eigenvalue weighted by Gasteiger charge is 2.39. The number of hydrogen-bond donors (Lipinski definition) is 3. The first-order valence-corrected chi connectivity index (χ1v) is 32.8. The molecule has 0 saturated heterocycles. The van der Waals surface area contributed by atoms with E-state index >= 15 is 0 Å². The van der Waals surface area contributed by atoms with Crippen LogP contribution in [0.3, 0.4) is 0 Å². The topological polar surface area (TPSA) is 170 Å². The largest absolute Gasteiger partial charge is 0.530 e. The van der Waals surface area contributed by atoms with Gasteiger partial charge in [-0.15, -0.1) is 0 Å². The summed E-state index contributed by atoms with van der Waals surface area (Å²) in [6.07, 6.45) is 0. The zero-order valence-electron chi connectivity index (χ0n) is 52.3. The van der Waals surface area contributed by atoms with Gasteiger partial charge in [-0.3, -0.25) is 0 Å². The molecule has 0 radical (unpaired) electrons. The Labute approximate surface area is 520 Å². The maximum atomic E-state index is 11.4. The maximum Gasteiger partial charge on any atom is 0.530 e. The first kappa shape index (κ1) is 59.9. The molecule has 14 nitrogen and oxygen atoms in total. The van der Waals surface area contributed by atoms with Crippen molar-refractivity contribution in [1.29, 1.82) is 0 Å². The number of fused-ring (bicyclic) bond motifs is 7. The zero-order chi connectivity index (χ0) is 62.8. The van der Waals surface area contributed by atoms with Crippen LogP contribution in [0.25, 0.3) is 76.2 Å². The Bertz CT molecular complexity index is 4630. The molecule has 17 heteroatoms. The molecule has 3 N–H and O–H groups in total. The number of aliphatic hydroxyl groups is 2. The zero-order valence-corrected chi connectivity index (χ0v) is 55.0. The van der Waals surface area contributed by atoms with Gasteiger partial charge in [0.2, 0.25) is 0 Å². The summed E-state index contributed by atoms with van der Waals surface area (Å²) in [6.45, 7) is 24.9. The van der Waals surface area contributed by atoms with Crippen molar-refractivity contribution in [1.82, 2.24) is 0 Å². The lowest BCUT2D eigenvalue weighted by atomic mass is 9.81. The minimum atomic E-state index is -2.34. The molecule has 0 saturated carbocycles. The van der Waals surface area contributed by atoms with Crippen molar-refractivity contribution in [2.45, 2.75) is 118 Å². The van der Waals surface area contributed by atoms with Crippen molar-refractivity contribution in [3.63, 3.8) is 0 Å². The van der Waals surface area contributed by atoms with Crippen LogP contribution in [-0.4, -0.2) is 29.5 Å². The lowest BCUT2D eigenvalue weighted by Crippen LogP contribution is -2.17. The molecular weight excluding hydrogens is 1180 g/mol. The molecule has 2 aliphatic heterocycles. The number of benzene rings is 10. The number of aromatic hydroxyl groups is 1. The molecule has 0 amide bonds. The highest BCUT2D eigenvalue weighted by molar-refractivity contribution is 7.43. The third-order valence-electron chi connectivity index (χ3n) is 16.4. The molecule has 13 rings (SSSR count). The molecule has 2 unspecified atom stereocenters. The van der Waals surface area contributed by atoms with Gasteiger partial charge in [0, 0.05) is 44.2 Å². The number of phenolic OH excluding ortho intramolecular Hbond substituents is 1. The number of aliphatic hydroxyl groups excluding tert-OH is 2. The fourth-order valence-corrected chi connectivity index (χ4v) is 15.3. The maximum absolute atomic E-state index is 11.4. The van der Waals surface area contributed by atoms with Crippen LogP contribution in [0.15, 0.2) is 142 Å². The van der Waals surface area contributed by atoms with E-state index in [-0.39, 0.29) is 19.0 Å². The highest BCUT2D eigenvalue weighted by atomic mass is 31.2. The van der Waals surface area contributed by atoms with Gasteiger partial charge in [-0.1, -0.05) is 132 Å². The highest BCUT2D eigenvalue weighted by Crippen LogP contribution is 2.62. The van der Waals surface area contributed by atoms with E-state index in [1.165, 1.54) is 0 Å². The van der Waals surface area contributed by atoms with Crippen LogP contribution in [0.2, 0.25) is 0 Å². The minimum absolute atomic E-state index is 0.0754. The number of ether oxygens (including phenoxy) is 2. The number of phenols is 1. The van der Waals surface area contributed by atoms with Crippen LogP contribution >= 0.6 is 25.4 Å². The van der Waals surface area contributed by atoms with Crippen LogP contribution in [0.5, 0.6) is 57.5 Å². The van der Waals surface area contributed by atoms with Gasteiger partial charge >= 0.3 is 25.4 Å². The van der Waals surface area contributed by atoms with Gasteiger partial charge in [0.25, 0.3) is 0 Å². The second-order valence-electron chi connectivity index (χ2n) is 26.8. The lowest BCUT2D eigenvalue weighted by molar-refractivity contribution is 0.281. The van der Waals surface area contributed by atoms with Crippen molar-refractivity contribution >= 4 is 90.5 Å². The van der Waals surface area contributed by atoms with E-state index < -0.39 is 47.1 Å². The summed E-state index contributed by atoms with van der Waals surface area (Å²) >= 11 is 0. The Hall–Kier alpha value is -8.08. The normalized spacial score (nSPS) is 15.0. The average molecular weight is 1250 g/mol. The standard InChI is InChI=1S/C72H71O14P3/c1-69(2,3)51-29-39(37-73)27-47-48-28-40(38-74)30-52(70(4,5)6)64(48)82-87(81-63(47)51)78-57-25-17-21-43-32-44-22-18-26-58-62(44)68(61(43)57)86-89(80-58)84-66-50(34-46(77-14)36-54(66)72(10,11)12)49-33-45(76-13)35-53(71(7,8)9)65(49)83-88-79-56-24-16-20-42-31-41-19-15-23-55(75)59(41)67(85-88)60(42)56/h15-36,73-75H,37-38H2,1-14H3. The molecule has 10 aromatic carbocycles. The third kappa shape index (κ3) is 10.8. The van der Waals surface area contributed by atoms with Crippen molar-refractivity contribution in [2.75, 3.05) is 14.2 Å². The van der Waals surface area contributed by atoms with Gasteiger partial charge in [0.1, 0.15) is 57.2 Å². The molecule has 0 bridgehead atoms. The Morgan fingerprint density at radius 1 is 0.416 bits per heavy atom. The van der Waals surface area contributed by atoms with E-state index in [9.17, 15) is 15.3 Å². The van der Waals surface area contributed by atoms with E-state index in [0.717, 1.165) is 65.3 Å². The first-order chi connectivity index (χ1) is 42.3. The van der Waals surface area contributed by atoms with Crippen molar-refractivity contribution in [2.24, 2.45) is 0 Å². The molecule has 1 aromatic heterocycles. The molecule has 3 heterocycles. The molecule has 2 aliphatic rings. The van der Waals surface area contributed by atoms with E-state index in [1.807, 2.05) is 121 Å². The molecular formula is C72H71O14P3. The van der Waals surface area contributed by atoms with Crippen LogP contribution in [0, 0.1) is 0 Å². The summed E-state index contributed by atoms with van der Waals surface area (Å²) in [5.74, 6) is 4.57. The smallest absolute Gasteiger partial charge is 0.507 e. The summed E-state index contributed by atoms with van der Waals surface area (Å²) in [5, 5.41) is 40.2. The Morgan fingerprint density at radius 2 is 0.820 bits per heavy atom. The second-order valence-corrected chi connectivity index (χ2v) is 29.8. The first-order valence-electron chi connectivity index (χ1n) is 29.5. The van der Waals surface area contributed by atoms with Gasteiger partial charge in [0.15, 0.2) is 11.5 Å². The van der Waals surface area contributed by atoms with Gasteiger partial charge in [0.05, 0.1) is 49.0 Å². The lowest BCUT2D eigenvalue weighted by Gasteiger charge is -2.32. The number of methoxy groups -OCH3 is 2. The van der Waals surface area contributed by atoms with E-state index in [0.29, 0.717) is 95.9 Å². The molecule has 458 valence electrons. The number of hydrogen-bond acceptors (Lipinski definition) is 14. The predicted octanol–water partition coefficient (Wildman–Crippen LogP) is 20.5. The fraction of sp³-hybridized carbons (Fsp3) is 0.278. The third-order valence-corrected chi connectivity index (χ3v) is 19.4. The molecule has 89 heavy (non-hydrogen) atoms.